The molecule has 2 unspecified atom stereocenters. The fourth-order valence-electron chi connectivity index (χ4n) is 11.0. The number of para-hydroxylation sites is 1. The minimum absolute atomic E-state index is 0.0478. The second-order valence-corrected chi connectivity index (χ2v) is 18.8. The Bertz CT molecular complexity index is 2160. The van der Waals surface area contributed by atoms with Crippen LogP contribution in [-0.4, -0.2) is 93.8 Å². The number of allylic oxidation sites excluding steroid dienone is 2. The number of nitriles is 1. The molecule has 8 rings (SSSR count). The van der Waals surface area contributed by atoms with E-state index in [1.165, 1.54) is 17.8 Å². The van der Waals surface area contributed by atoms with Crippen LogP contribution in [0.5, 0.6) is 0 Å². The Kier molecular flexibility index (Phi) is 11.4. The lowest BCUT2D eigenvalue weighted by Gasteiger charge is -2.68. The molecule has 0 saturated heterocycles. The summed E-state index contributed by atoms with van der Waals surface area (Å²) in [6, 6.07) is 15.5. The molecule has 3 aromatic heterocycles. The van der Waals surface area contributed by atoms with Gasteiger partial charge in [0.25, 0.3) is 0 Å². The van der Waals surface area contributed by atoms with Gasteiger partial charge in [-0.15, -0.1) is 10.2 Å². The number of hydrogen-bond acceptors (Lipinski definition) is 12. The predicted molar refractivity (Wildman–Crippen MR) is 223 cm³/mol. The molecule has 3 heterocycles. The Labute approximate surface area is 339 Å². The highest BCUT2D eigenvalue weighted by molar-refractivity contribution is 7.22. The van der Waals surface area contributed by atoms with E-state index in [1.54, 1.807) is 24.1 Å². The second kappa shape index (κ2) is 16.0. The van der Waals surface area contributed by atoms with Crippen LogP contribution in [0.3, 0.4) is 0 Å². The fourth-order valence-corrected chi connectivity index (χ4v) is 11.8. The first-order chi connectivity index (χ1) is 27.2. The number of nitrogens with two attached hydrogens (primary N) is 1. The summed E-state index contributed by atoms with van der Waals surface area (Å²) in [7, 11) is 3.88. The number of aromatic nitrogens is 4. The lowest BCUT2D eigenvalue weighted by atomic mass is 9.39. The van der Waals surface area contributed by atoms with Gasteiger partial charge in [-0.25, -0.2) is 14.8 Å². The van der Waals surface area contributed by atoms with Crippen LogP contribution < -0.4 is 15.5 Å². The molecule has 13 nitrogen and oxygen atoms in total. The number of aliphatic hydroxyl groups excluding tert-OH is 1. The van der Waals surface area contributed by atoms with Crippen molar-refractivity contribution in [1.82, 2.24) is 25.1 Å². The van der Waals surface area contributed by atoms with Crippen LogP contribution in [0.4, 0.5) is 22.6 Å². The van der Waals surface area contributed by atoms with Gasteiger partial charge < -0.3 is 35.4 Å². The van der Waals surface area contributed by atoms with Crippen molar-refractivity contribution in [2.75, 3.05) is 57.2 Å². The SMILES string of the molecule is C/C([NH2+]CC12CC3(C)CC(C)(C1)CC(OCCN(C)CCCCO)(C3)C2)=C(/C#N)c1ccc(N(C)c2cc(C)c(Nc3nc4ccccc4s3)nn2)nc1C(=O)O. The van der Waals surface area contributed by atoms with Crippen LogP contribution >= 0.6 is 11.3 Å². The number of unbranched alkanes of at least 4 members (excludes halogenated alkanes) is 1. The molecular formula is C43H56N9O4S+. The standard InChI is InChI=1S/C43H55N9O4S/c1-28-19-35(49-50-37(28)48-39-46-32-11-7-8-12-33(32)57-39)52(6)34-14-13-30(36(47-34)38(54)55)31(20-44)29(2)45-27-42-22-40(3)21-41(4,23-42)25-43(24-40,26-42)56-18-16-51(5)15-9-10-17-53/h7-8,11-14,19,45,53H,9-10,15-18,21-27H2,1-6H3,(H,54,55)(H,46,48,50)/p+1/b31-29+. The van der Waals surface area contributed by atoms with E-state index in [0.29, 0.717) is 40.3 Å². The van der Waals surface area contributed by atoms with Crippen molar-refractivity contribution in [3.63, 3.8) is 0 Å². The normalized spacial score (nSPS) is 25.5. The minimum atomic E-state index is -1.21. The number of aryl methyl sites for hydroxylation is 1. The Morgan fingerprint density at radius 3 is 2.44 bits per heavy atom. The first-order valence-electron chi connectivity index (χ1n) is 20.0. The molecule has 4 fully saturated rings. The number of ether oxygens (including phenoxy) is 1. The molecule has 5 N–H and O–H groups in total. The summed E-state index contributed by atoms with van der Waals surface area (Å²) < 4.78 is 7.98. The molecule has 4 aliphatic carbocycles. The van der Waals surface area contributed by atoms with Crippen LogP contribution in [0.2, 0.25) is 0 Å². The van der Waals surface area contributed by atoms with Crippen molar-refractivity contribution in [3.8, 4) is 6.07 Å². The third-order valence-corrected chi connectivity index (χ3v) is 13.3. The fraction of sp³-hybridized carbons (Fsp3) is 0.535. The molecule has 0 amide bonds. The summed E-state index contributed by atoms with van der Waals surface area (Å²) in [5.74, 6) is 0.222. The molecule has 1 aromatic carbocycles. The summed E-state index contributed by atoms with van der Waals surface area (Å²) in [5, 5.41) is 45.0. The highest BCUT2D eigenvalue weighted by atomic mass is 32.1. The number of hydrogen-bond donors (Lipinski definition) is 4. The van der Waals surface area contributed by atoms with Gasteiger partial charge in [-0.05, 0) is 119 Å². The van der Waals surface area contributed by atoms with Crippen molar-refractivity contribution >= 4 is 55.7 Å². The summed E-state index contributed by atoms with van der Waals surface area (Å²) in [6.07, 6.45) is 8.40. The topological polar surface area (TPSA) is 177 Å². The first kappa shape index (κ1) is 40.7. The lowest BCUT2D eigenvalue weighted by Crippen LogP contribution is -2.86. The molecule has 4 saturated carbocycles. The van der Waals surface area contributed by atoms with E-state index in [2.05, 4.69) is 62.7 Å². The zero-order valence-corrected chi connectivity index (χ0v) is 34.9. The number of carbonyl (C=O) groups is 1. The number of anilines is 4. The molecule has 14 heteroatoms. The van der Waals surface area contributed by atoms with E-state index < -0.39 is 5.97 Å². The van der Waals surface area contributed by atoms with Crippen molar-refractivity contribution in [2.24, 2.45) is 16.2 Å². The zero-order chi connectivity index (χ0) is 40.6. The summed E-state index contributed by atoms with van der Waals surface area (Å²) in [4.78, 5) is 25.9. The Balaban J connectivity index is 1.06. The van der Waals surface area contributed by atoms with Gasteiger partial charge in [-0.2, -0.15) is 5.26 Å². The molecule has 0 radical (unpaired) electrons. The van der Waals surface area contributed by atoms with Gasteiger partial charge in [0, 0.05) is 38.1 Å². The maximum Gasteiger partial charge on any atom is 0.355 e. The van der Waals surface area contributed by atoms with Crippen molar-refractivity contribution in [2.45, 2.75) is 84.7 Å². The minimum Gasteiger partial charge on any atom is -0.476 e. The Hall–Kier alpha value is -4.52. The number of carboxylic acid groups (broad SMARTS) is 1. The maximum absolute atomic E-state index is 12.7. The Morgan fingerprint density at radius 1 is 1.00 bits per heavy atom. The molecule has 2 atom stereocenters. The zero-order valence-electron chi connectivity index (χ0n) is 34.1. The van der Waals surface area contributed by atoms with E-state index in [4.69, 9.17) is 9.84 Å². The van der Waals surface area contributed by atoms with Crippen LogP contribution in [0.1, 0.15) is 93.8 Å². The van der Waals surface area contributed by atoms with Gasteiger partial charge in [0.05, 0.1) is 29.0 Å². The van der Waals surface area contributed by atoms with Gasteiger partial charge in [-0.3, -0.25) is 0 Å². The smallest absolute Gasteiger partial charge is 0.355 e. The second-order valence-electron chi connectivity index (χ2n) is 17.8. The number of aliphatic hydroxyl groups is 1. The Morgan fingerprint density at radius 2 is 1.75 bits per heavy atom. The predicted octanol–water partition coefficient (Wildman–Crippen LogP) is 6.66. The molecule has 4 aliphatic rings. The van der Waals surface area contributed by atoms with Crippen LogP contribution in [-0.2, 0) is 4.74 Å². The molecule has 0 spiro atoms. The van der Waals surface area contributed by atoms with E-state index in [1.807, 2.05) is 44.2 Å². The maximum atomic E-state index is 12.7. The van der Waals surface area contributed by atoms with Crippen LogP contribution in [0, 0.1) is 34.5 Å². The number of fused-ring (bicyclic) bond motifs is 1. The summed E-state index contributed by atoms with van der Waals surface area (Å²) in [5.41, 5.74) is 3.19. The number of rotatable bonds is 17. The first-order valence-corrected chi connectivity index (χ1v) is 20.8. The molecule has 4 bridgehead atoms. The van der Waals surface area contributed by atoms with Crippen molar-refractivity contribution in [1.29, 1.82) is 5.26 Å². The number of benzene rings is 1. The van der Waals surface area contributed by atoms with Crippen LogP contribution in [0.15, 0.2) is 48.2 Å². The third kappa shape index (κ3) is 8.68. The number of carboxylic acids is 1. The number of quaternary nitrogens is 1. The van der Waals surface area contributed by atoms with Crippen molar-refractivity contribution < 1.29 is 25.1 Å². The average molecular weight is 795 g/mol. The quantitative estimate of drug-likeness (QED) is 0.0662. The lowest BCUT2D eigenvalue weighted by molar-refractivity contribution is -0.623. The highest BCUT2D eigenvalue weighted by Crippen LogP contribution is 2.71. The van der Waals surface area contributed by atoms with Gasteiger partial charge in [0.2, 0.25) is 0 Å². The number of pyridine rings is 1. The molecule has 302 valence electrons. The average Bonchev–Trinajstić information content (AvgIpc) is 3.56. The monoisotopic (exact) mass is 794 g/mol. The van der Waals surface area contributed by atoms with E-state index in [9.17, 15) is 15.2 Å². The highest BCUT2D eigenvalue weighted by Gasteiger charge is 2.66. The number of nitrogens with one attached hydrogen (secondary N) is 1. The summed E-state index contributed by atoms with van der Waals surface area (Å²) >= 11 is 1.53. The van der Waals surface area contributed by atoms with Gasteiger partial charge in [0.1, 0.15) is 23.2 Å². The number of nitrogens with zero attached hydrogens (tertiary/aromatic N) is 7. The molecular weight excluding hydrogens is 739 g/mol. The van der Waals surface area contributed by atoms with Gasteiger partial charge in [0.15, 0.2) is 22.5 Å². The summed E-state index contributed by atoms with van der Waals surface area (Å²) in [6.45, 7) is 12.2. The van der Waals surface area contributed by atoms with Gasteiger partial charge >= 0.3 is 5.97 Å². The number of aromatic carboxylic acids is 1. The third-order valence-electron chi connectivity index (χ3n) is 12.4. The van der Waals surface area contributed by atoms with E-state index in [-0.39, 0.29) is 34.1 Å². The molecule has 4 aromatic rings. The number of thiazole rings is 1. The van der Waals surface area contributed by atoms with Crippen molar-refractivity contribution in [3.05, 3.63) is 65.0 Å². The van der Waals surface area contributed by atoms with E-state index >= 15 is 0 Å². The van der Waals surface area contributed by atoms with Gasteiger partial charge in [-0.1, -0.05) is 37.3 Å². The van der Waals surface area contributed by atoms with Crippen LogP contribution in [0.25, 0.3) is 15.8 Å². The van der Waals surface area contributed by atoms with E-state index in [0.717, 1.165) is 86.1 Å². The molecule has 57 heavy (non-hydrogen) atoms. The number of likely N-dealkylation sites (N-methyl/N-ethyl adjacent to an activating group) is 1. The largest absolute Gasteiger partial charge is 0.476 e. The molecule has 0 aliphatic heterocycles.